The average molecular weight is 456 g/mol. The van der Waals surface area contributed by atoms with Crippen LogP contribution in [0.2, 0.25) is 0 Å². The topological polar surface area (TPSA) is 63.5 Å². The van der Waals surface area contributed by atoms with Gasteiger partial charge in [0.15, 0.2) is 5.16 Å². The lowest BCUT2D eigenvalue weighted by molar-refractivity contribution is -0.134. The highest BCUT2D eigenvalue weighted by Crippen LogP contribution is 2.36. The largest absolute Gasteiger partial charge is 0.378 e. The van der Waals surface area contributed by atoms with Gasteiger partial charge in [-0.05, 0) is 56.2 Å². The normalized spacial score (nSPS) is 23.8. The number of ether oxygens (including phenoxy) is 1. The lowest BCUT2D eigenvalue weighted by Crippen LogP contribution is -2.50. The van der Waals surface area contributed by atoms with Crippen LogP contribution in [0.25, 0.3) is 5.69 Å². The summed E-state index contributed by atoms with van der Waals surface area (Å²) in [5.41, 5.74) is 2.23. The van der Waals surface area contributed by atoms with Crippen LogP contribution in [0.5, 0.6) is 0 Å². The van der Waals surface area contributed by atoms with E-state index in [1.165, 1.54) is 49.4 Å². The summed E-state index contributed by atoms with van der Waals surface area (Å²) in [5, 5.41) is 9.84. The van der Waals surface area contributed by atoms with E-state index in [0.29, 0.717) is 30.9 Å². The van der Waals surface area contributed by atoms with Crippen LogP contribution in [0.4, 0.5) is 5.95 Å². The molecule has 1 aromatic carbocycles. The summed E-state index contributed by atoms with van der Waals surface area (Å²) in [6.45, 7) is 5.98. The third-order valence-corrected chi connectivity index (χ3v) is 7.97. The zero-order chi connectivity index (χ0) is 21.9. The first-order valence-electron chi connectivity index (χ1n) is 12.0. The van der Waals surface area contributed by atoms with Gasteiger partial charge in [0.2, 0.25) is 11.9 Å². The van der Waals surface area contributed by atoms with Gasteiger partial charge in [-0.25, -0.2) is 0 Å². The smallest absolute Gasteiger partial charge is 0.233 e. The second kappa shape index (κ2) is 9.83. The van der Waals surface area contributed by atoms with Gasteiger partial charge in [0, 0.05) is 25.7 Å². The fourth-order valence-electron chi connectivity index (χ4n) is 5.46. The van der Waals surface area contributed by atoms with Crippen molar-refractivity contribution in [2.45, 2.75) is 56.6 Å². The van der Waals surface area contributed by atoms with Crippen molar-refractivity contribution in [3.8, 4) is 5.69 Å². The number of hydrogen-bond donors (Lipinski definition) is 0. The summed E-state index contributed by atoms with van der Waals surface area (Å²) < 4.78 is 7.63. The van der Waals surface area contributed by atoms with Gasteiger partial charge in [0.05, 0.1) is 24.7 Å². The standard InChI is InChI=1S/C24H33N5O2S/c1-18-6-4-9-20(16-18)29-23(27-12-14-31-15-13-27)25-26-24(29)32-17-22(30)28-11-5-8-19-7-2-3-10-21(19)28/h4,6,9,16,19,21H,2-3,5,7-8,10-15,17H2,1H3. The molecular weight excluding hydrogens is 422 g/mol. The number of carbonyl (C=O) groups is 1. The molecule has 0 radical (unpaired) electrons. The number of amides is 1. The van der Waals surface area contributed by atoms with Crippen molar-refractivity contribution in [1.82, 2.24) is 19.7 Å². The number of morpholine rings is 1. The molecule has 3 fully saturated rings. The first kappa shape index (κ1) is 21.8. The number of hydrogen-bond acceptors (Lipinski definition) is 6. The fraction of sp³-hybridized carbons (Fsp3) is 0.625. The van der Waals surface area contributed by atoms with Crippen molar-refractivity contribution in [1.29, 1.82) is 0 Å². The molecule has 8 heteroatoms. The molecule has 3 heterocycles. The molecule has 2 unspecified atom stereocenters. The van der Waals surface area contributed by atoms with Crippen LogP contribution in [0, 0.1) is 12.8 Å². The quantitative estimate of drug-likeness (QED) is 0.641. The Labute approximate surface area is 194 Å². The number of aromatic nitrogens is 3. The summed E-state index contributed by atoms with van der Waals surface area (Å²) in [5.74, 6) is 2.20. The van der Waals surface area contributed by atoms with Crippen molar-refractivity contribution in [2.24, 2.45) is 5.92 Å². The van der Waals surface area contributed by atoms with Gasteiger partial charge in [-0.2, -0.15) is 0 Å². The summed E-state index contributed by atoms with van der Waals surface area (Å²) in [4.78, 5) is 17.7. The summed E-state index contributed by atoms with van der Waals surface area (Å²) in [6.07, 6.45) is 7.45. The Morgan fingerprint density at radius 3 is 2.75 bits per heavy atom. The van der Waals surface area contributed by atoms with Gasteiger partial charge in [0.1, 0.15) is 0 Å². The molecule has 1 amide bonds. The van der Waals surface area contributed by atoms with Gasteiger partial charge in [0.25, 0.3) is 0 Å². The molecule has 1 saturated carbocycles. The molecule has 2 aliphatic heterocycles. The summed E-state index contributed by atoms with van der Waals surface area (Å²) in [6, 6.07) is 8.84. The number of carbonyl (C=O) groups excluding carboxylic acids is 1. The lowest BCUT2D eigenvalue weighted by Gasteiger charge is -2.44. The van der Waals surface area contributed by atoms with Crippen LogP contribution in [-0.2, 0) is 9.53 Å². The Hall–Kier alpha value is -2.06. The number of aryl methyl sites for hydroxylation is 1. The minimum atomic E-state index is 0.248. The fourth-order valence-corrected chi connectivity index (χ4v) is 6.29. The maximum absolute atomic E-state index is 13.3. The molecule has 172 valence electrons. The molecule has 3 aliphatic rings. The molecule has 1 aromatic heterocycles. The van der Waals surface area contributed by atoms with Gasteiger partial charge >= 0.3 is 0 Å². The first-order valence-corrected chi connectivity index (χ1v) is 13.0. The number of rotatable bonds is 5. The third-order valence-electron chi connectivity index (χ3n) is 7.06. The first-order chi connectivity index (χ1) is 15.7. The molecule has 0 N–H and O–H groups in total. The molecular formula is C24H33N5O2S. The maximum Gasteiger partial charge on any atom is 0.233 e. The van der Waals surface area contributed by atoms with Crippen molar-refractivity contribution < 1.29 is 9.53 Å². The van der Waals surface area contributed by atoms with Gasteiger partial charge in [-0.1, -0.05) is 36.7 Å². The van der Waals surface area contributed by atoms with E-state index in [1.54, 1.807) is 0 Å². The molecule has 32 heavy (non-hydrogen) atoms. The Morgan fingerprint density at radius 1 is 1.09 bits per heavy atom. The summed E-state index contributed by atoms with van der Waals surface area (Å²) in [7, 11) is 0. The van der Waals surface area contributed by atoms with E-state index in [9.17, 15) is 4.79 Å². The highest BCUT2D eigenvalue weighted by molar-refractivity contribution is 7.99. The zero-order valence-electron chi connectivity index (χ0n) is 18.9. The molecule has 0 bridgehead atoms. The van der Waals surface area contributed by atoms with Gasteiger partial charge in [-0.15, -0.1) is 10.2 Å². The lowest BCUT2D eigenvalue weighted by atomic mass is 9.78. The van der Waals surface area contributed by atoms with Crippen molar-refractivity contribution >= 4 is 23.6 Å². The maximum atomic E-state index is 13.3. The number of fused-ring (bicyclic) bond motifs is 1. The predicted octanol–water partition coefficient (Wildman–Crippen LogP) is 3.69. The van der Waals surface area contributed by atoms with E-state index >= 15 is 0 Å². The van der Waals surface area contributed by atoms with E-state index < -0.39 is 0 Å². The second-order valence-electron chi connectivity index (χ2n) is 9.19. The summed E-state index contributed by atoms with van der Waals surface area (Å²) >= 11 is 1.51. The minimum Gasteiger partial charge on any atom is -0.378 e. The van der Waals surface area contributed by atoms with Crippen molar-refractivity contribution in [3.63, 3.8) is 0 Å². The highest BCUT2D eigenvalue weighted by atomic mass is 32.2. The second-order valence-corrected chi connectivity index (χ2v) is 10.1. The number of nitrogens with zero attached hydrogens (tertiary/aromatic N) is 5. The molecule has 5 rings (SSSR count). The molecule has 7 nitrogen and oxygen atoms in total. The Bertz CT molecular complexity index is 940. The van der Waals surface area contributed by atoms with Crippen LogP contribution in [-0.4, -0.2) is 70.2 Å². The van der Waals surface area contributed by atoms with Crippen LogP contribution < -0.4 is 4.90 Å². The monoisotopic (exact) mass is 455 g/mol. The van der Waals surface area contributed by atoms with Crippen molar-refractivity contribution in [3.05, 3.63) is 29.8 Å². The molecule has 1 aliphatic carbocycles. The van der Waals surface area contributed by atoms with E-state index in [4.69, 9.17) is 4.74 Å². The Morgan fingerprint density at radius 2 is 1.91 bits per heavy atom. The molecule has 2 atom stereocenters. The third kappa shape index (κ3) is 4.53. The average Bonchev–Trinajstić information content (AvgIpc) is 3.27. The van der Waals surface area contributed by atoms with Crippen LogP contribution in [0.3, 0.4) is 0 Å². The predicted molar refractivity (Wildman–Crippen MR) is 127 cm³/mol. The molecule has 0 spiro atoms. The Kier molecular flexibility index (Phi) is 6.69. The van der Waals surface area contributed by atoms with Crippen molar-refractivity contribution in [2.75, 3.05) is 43.5 Å². The van der Waals surface area contributed by atoms with E-state index in [-0.39, 0.29) is 5.91 Å². The molecule has 2 saturated heterocycles. The van der Waals surface area contributed by atoms with Gasteiger partial charge < -0.3 is 14.5 Å². The minimum absolute atomic E-state index is 0.248. The van der Waals surface area contributed by atoms with Crippen LogP contribution in [0.15, 0.2) is 29.4 Å². The Balaban J connectivity index is 1.36. The zero-order valence-corrected chi connectivity index (χ0v) is 19.7. The van der Waals surface area contributed by atoms with E-state index in [1.807, 2.05) is 0 Å². The highest BCUT2D eigenvalue weighted by Gasteiger charge is 2.35. The molecule has 2 aromatic rings. The number of likely N-dealkylation sites (tertiary alicyclic amines) is 1. The number of anilines is 1. The van der Waals surface area contributed by atoms with E-state index in [2.05, 4.69) is 55.8 Å². The van der Waals surface area contributed by atoms with Crippen LogP contribution in [0.1, 0.15) is 44.1 Å². The van der Waals surface area contributed by atoms with E-state index in [0.717, 1.165) is 42.8 Å². The number of benzene rings is 1. The number of thioether (sulfide) groups is 1. The van der Waals surface area contributed by atoms with Gasteiger partial charge in [-0.3, -0.25) is 9.36 Å². The van der Waals surface area contributed by atoms with Crippen LogP contribution >= 0.6 is 11.8 Å². The number of piperidine rings is 1. The SMILES string of the molecule is Cc1cccc(-n2c(SCC(=O)N3CCCC4CCCCC43)nnc2N2CCOCC2)c1.